The van der Waals surface area contributed by atoms with Crippen molar-refractivity contribution in [3.05, 3.63) is 28.7 Å². The minimum atomic E-state index is -0.593. The lowest BCUT2D eigenvalue weighted by molar-refractivity contribution is 0.00142. The van der Waals surface area contributed by atoms with E-state index in [1.165, 1.54) is 6.42 Å². The largest absolute Gasteiger partial charge is 0.491 e. The highest BCUT2D eigenvalue weighted by Crippen LogP contribution is 2.27. The zero-order valence-electron chi connectivity index (χ0n) is 12.2. The Balaban J connectivity index is 1.63. The van der Waals surface area contributed by atoms with E-state index in [0.717, 1.165) is 35.9 Å². The number of halogens is 1. The highest BCUT2D eigenvalue weighted by atomic mass is 79.9. The van der Waals surface area contributed by atoms with Crippen LogP contribution in [-0.4, -0.2) is 41.6 Å². The van der Waals surface area contributed by atoms with E-state index in [1.807, 2.05) is 24.3 Å². The van der Waals surface area contributed by atoms with Crippen LogP contribution >= 0.6 is 15.9 Å². The van der Waals surface area contributed by atoms with Crippen LogP contribution in [0.3, 0.4) is 0 Å². The van der Waals surface area contributed by atoms with Crippen molar-refractivity contribution < 1.29 is 14.9 Å². The van der Waals surface area contributed by atoms with Gasteiger partial charge in [-0.3, -0.25) is 0 Å². The van der Waals surface area contributed by atoms with Crippen molar-refractivity contribution in [1.82, 2.24) is 5.32 Å². The molecule has 1 saturated carbocycles. The second-order valence-electron chi connectivity index (χ2n) is 5.83. The minimum absolute atomic E-state index is 0.243. The fourth-order valence-corrected chi connectivity index (χ4v) is 2.90. The zero-order valence-corrected chi connectivity index (χ0v) is 13.8. The van der Waals surface area contributed by atoms with Crippen LogP contribution in [0.5, 0.6) is 5.75 Å². The van der Waals surface area contributed by atoms with E-state index in [2.05, 4.69) is 21.2 Å². The Hall–Kier alpha value is -0.620. The molecule has 4 nitrogen and oxygen atoms in total. The molecule has 0 aliphatic heterocycles. The van der Waals surface area contributed by atoms with Gasteiger partial charge in [-0.15, -0.1) is 0 Å². The fourth-order valence-electron chi connectivity index (χ4n) is 2.64. The molecular formula is C16H24BrNO3. The number of hydrogen-bond donors (Lipinski definition) is 3. The van der Waals surface area contributed by atoms with Crippen LogP contribution in [-0.2, 0) is 0 Å². The molecule has 1 aromatic rings. The van der Waals surface area contributed by atoms with Crippen molar-refractivity contribution in [3.8, 4) is 5.75 Å². The van der Waals surface area contributed by atoms with E-state index >= 15 is 0 Å². The number of hydrogen-bond acceptors (Lipinski definition) is 4. The SMILES string of the molecule is OC(CNCC1(O)CCCCC1)COc1ccc(Br)cc1. The third-order valence-electron chi connectivity index (χ3n) is 3.87. The van der Waals surface area contributed by atoms with Crippen LogP contribution in [0.15, 0.2) is 28.7 Å². The maximum absolute atomic E-state index is 10.3. The number of rotatable bonds is 7. The summed E-state index contributed by atoms with van der Waals surface area (Å²) in [5, 5.41) is 23.4. The number of ether oxygens (including phenoxy) is 1. The normalized spacial score (nSPS) is 19.2. The predicted octanol–water partition coefficient (Wildman–Crippen LogP) is 2.47. The van der Waals surface area contributed by atoms with Gasteiger partial charge in [0.05, 0.1) is 5.60 Å². The van der Waals surface area contributed by atoms with Crippen molar-refractivity contribution in [1.29, 1.82) is 0 Å². The highest BCUT2D eigenvalue weighted by Gasteiger charge is 2.28. The molecule has 0 heterocycles. The average Bonchev–Trinajstić information content (AvgIpc) is 2.47. The van der Waals surface area contributed by atoms with Crippen LogP contribution in [0.1, 0.15) is 32.1 Å². The number of nitrogens with one attached hydrogen (secondary N) is 1. The zero-order chi connectivity index (χ0) is 15.1. The average molecular weight is 358 g/mol. The van der Waals surface area contributed by atoms with Crippen molar-refractivity contribution >= 4 is 15.9 Å². The summed E-state index contributed by atoms with van der Waals surface area (Å²) in [6.07, 6.45) is 4.52. The first-order valence-electron chi connectivity index (χ1n) is 7.57. The Morgan fingerprint density at radius 2 is 1.86 bits per heavy atom. The molecule has 1 aromatic carbocycles. The Labute approximate surface area is 134 Å². The first-order valence-corrected chi connectivity index (χ1v) is 8.36. The minimum Gasteiger partial charge on any atom is -0.491 e. The lowest BCUT2D eigenvalue weighted by Gasteiger charge is -2.32. The second-order valence-corrected chi connectivity index (χ2v) is 6.75. The number of benzene rings is 1. The molecule has 1 unspecified atom stereocenters. The molecule has 1 aliphatic rings. The third-order valence-corrected chi connectivity index (χ3v) is 4.40. The maximum Gasteiger partial charge on any atom is 0.119 e. The van der Waals surface area contributed by atoms with Gasteiger partial charge in [0.25, 0.3) is 0 Å². The lowest BCUT2D eigenvalue weighted by atomic mass is 9.85. The van der Waals surface area contributed by atoms with Crippen LogP contribution in [0.25, 0.3) is 0 Å². The van der Waals surface area contributed by atoms with Gasteiger partial charge in [0.15, 0.2) is 0 Å². The van der Waals surface area contributed by atoms with Gasteiger partial charge < -0.3 is 20.3 Å². The Bertz CT molecular complexity index is 418. The van der Waals surface area contributed by atoms with Gasteiger partial charge in [-0.2, -0.15) is 0 Å². The molecule has 2 rings (SSSR count). The van der Waals surface area contributed by atoms with Gasteiger partial charge >= 0.3 is 0 Å². The monoisotopic (exact) mass is 357 g/mol. The molecule has 1 atom stereocenters. The molecule has 1 aliphatic carbocycles. The summed E-state index contributed by atoms with van der Waals surface area (Å²) in [5.74, 6) is 0.739. The lowest BCUT2D eigenvalue weighted by Crippen LogP contribution is -2.44. The molecule has 5 heteroatoms. The summed E-state index contributed by atoms with van der Waals surface area (Å²) in [4.78, 5) is 0. The van der Waals surface area contributed by atoms with Crippen LogP contribution in [0.4, 0.5) is 0 Å². The van der Waals surface area contributed by atoms with Gasteiger partial charge in [-0.1, -0.05) is 35.2 Å². The molecule has 0 saturated heterocycles. The summed E-state index contributed by atoms with van der Waals surface area (Å²) in [5.41, 5.74) is -0.593. The van der Waals surface area contributed by atoms with Gasteiger partial charge in [0, 0.05) is 17.6 Å². The fraction of sp³-hybridized carbons (Fsp3) is 0.625. The standard InChI is InChI=1S/C16H24BrNO3/c17-13-4-6-15(7-5-13)21-11-14(19)10-18-12-16(20)8-2-1-3-9-16/h4-7,14,18-20H,1-3,8-12H2. The topological polar surface area (TPSA) is 61.7 Å². The van der Waals surface area contributed by atoms with E-state index in [0.29, 0.717) is 13.1 Å². The Morgan fingerprint density at radius 3 is 2.52 bits per heavy atom. The predicted molar refractivity (Wildman–Crippen MR) is 86.5 cm³/mol. The van der Waals surface area contributed by atoms with Crippen LogP contribution in [0.2, 0.25) is 0 Å². The second kappa shape index (κ2) is 8.13. The molecule has 0 spiro atoms. The first-order chi connectivity index (χ1) is 10.1. The summed E-state index contributed by atoms with van der Waals surface area (Å²) in [6.45, 7) is 1.22. The van der Waals surface area contributed by atoms with Gasteiger partial charge in [-0.25, -0.2) is 0 Å². The third kappa shape index (κ3) is 5.94. The first kappa shape index (κ1) is 16.7. The van der Waals surface area contributed by atoms with Gasteiger partial charge in [0.2, 0.25) is 0 Å². The summed E-state index contributed by atoms with van der Waals surface area (Å²) >= 11 is 3.36. The quantitative estimate of drug-likeness (QED) is 0.701. The molecular weight excluding hydrogens is 334 g/mol. The molecule has 0 radical (unpaired) electrons. The summed E-state index contributed by atoms with van der Waals surface area (Å²) in [7, 11) is 0. The van der Waals surface area contributed by atoms with Crippen LogP contribution in [0, 0.1) is 0 Å². The summed E-state index contributed by atoms with van der Waals surface area (Å²) < 4.78 is 6.52. The molecule has 118 valence electrons. The smallest absolute Gasteiger partial charge is 0.119 e. The number of aliphatic hydroxyl groups is 2. The van der Waals surface area contributed by atoms with E-state index in [9.17, 15) is 10.2 Å². The molecule has 21 heavy (non-hydrogen) atoms. The van der Waals surface area contributed by atoms with Crippen molar-refractivity contribution in [2.24, 2.45) is 0 Å². The Kier molecular flexibility index (Phi) is 6.48. The summed E-state index contributed by atoms with van der Waals surface area (Å²) in [6, 6.07) is 7.51. The van der Waals surface area contributed by atoms with Gasteiger partial charge in [-0.05, 0) is 37.1 Å². The Morgan fingerprint density at radius 1 is 1.19 bits per heavy atom. The van der Waals surface area contributed by atoms with Crippen molar-refractivity contribution in [2.45, 2.75) is 43.8 Å². The van der Waals surface area contributed by atoms with E-state index in [1.54, 1.807) is 0 Å². The molecule has 3 N–H and O–H groups in total. The van der Waals surface area contributed by atoms with Gasteiger partial charge in [0.1, 0.15) is 18.5 Å². The molecule has 1 fully saturated rings. The molecule has 0 bridgehead atoms. The highest BCUT2D eigenvalue weighted by molar-refractivity contribution is 9.10. The van der Waals surface area contributed by atoms with Crippen molar-refractivity contribution in [3.63, 3.8) is 0 Å². The molecule has 0 amide bonds. The van der Waals surface area contributed by atoms with E-state index in [4.69, 9.17) is 4.74 Å². The van der Waals surface area contributed by atoms with Crippen molar-refractivity contribution in [2.75, 3.05) is 19.7 Å². The van der Waals surface area contributed by atoms with E-state index in [-0.39, 0.29) is 6.61 Å². The maximum atomic E-state index is 10.3. The van der Waals surface area contributed by atoms with E-state index < -0.39 is 11.7 Å². The number of aliphatic hydroxyl groups excluding tert-OH is 1. The van der Waals surface area contributed by atoms with Crippen LogP contribution < -0.4 is 10.1 Å². The molecule has 0 aromatic heterocycles.